The summed E-state index contributed by atoms with van der Waals surface area (Å²) >= 11 is 17.6. The Morgan fingerprint density at radius 3 is 2.21 bits per heavy atom. The minimum absolute atomic E-state index is 0.0188. The molecule has 0 amide bonds. The van der Waals surface area contributed by atoms with Gasteiger partial charge in [0.1, 0.15) is 10.7 Å². The molecule has 0 aromatic heterocycles. The first-order valence-corrected chi connectivity index (χ1v) is 10.1. The number of benzene rings is 2. The highest BCUT2D eigenvalue weighted by Gasteiger charge is 2.20. The van der Waals surface area contributed by atoms with Crippen molar-refractivity contribution in [1.29, 1.82) is 0 Å². The number of rotatable bonds is 7. The van der Waals surface area contributed by atoms with E-state index in [9.17, 15) is 23.3 Å². The van der Waals surface area contributed by atoms with Crippen LogP contribution in [0.5, 0.6) is 0 Å². The second-order valence-corrected chi connectivity index (χ2v) is 8.38. The number of hydrogen-bond donors (Lipinski definition) is 1. The molecule has 0 aliphatic rings. The van der Waals surface area contributed by atoms with Crippen molar-refractivity contribution in [3.63, 3.8) is 0 Å². The molecule has 2 rings (SSSR count). The van der Waals surface area contributed by atoms with Gasteiger partial charge in [-0.3, -0.25) is 14.9 Å². The van der Waals surface area contributed by atoms with E-state index in [1.54, 1.807) is 0 Å². The third-order valence-electron chi connectivity index (χ3n) is 3.39. The Bertz CT molecular complexity index is 1070. The molecule has 0 saturated heterocycles. The summed E-state index contributed by atoms with van der Waals surface area (Å²) in [6.45, 7) is 1.30. The molecule has 2 aromatic rings. The Balaban J connectivity index is 2.40. The fourth-order valence-corrected chi connectivity index (χ4v) is 3.93. The number of carbonyl (C=O) groups is 1. The molecule has 0 radical (unpaired) electrons. The van der Waals surface area contributed by atoms with Crippen molar-refractivity contribution in [2.75, 3.05) is 0 Å². The third kappa shape index (κ3) is 5.41. The molecule has 0 bridgehead atoms. The highest BCUT2D eigenvalue weighted by Crippen LogP contribution is 2.31. The average Bonchev–Trinajstić information content (AvgIpc) is 2.61. The summed E-state index contributed by atoms with van der Waals surface area (Å²) in [6, 6.07) is 7.41. The molecule has 0 heterocycles. The van der Waals surface area contributed by atoms with Gasteiger partial charge in [-0.25, -0.2) is 0 Å². The predicted octanol–water partition coefficient (Wildman–Crippen LogP) is 4.22. The van der Waals surface area contributed by atoms with Gasteiger partial charge < -0.3 is 0 Å². The standard InChI is InChI=1S/C16H12Cl3N3O5S/c1-9(23)6-15(10-2-4-11(5-3-10)22(24)25)20-21-28(26,27)16-8-13(18)12(17)7-14(16)19/h2-5,7-8,21H,6H2,1H3/b20-15+. The van der Waals surface area contributed by atoms with Crippen LogP contribution in [0.25, 0.3) is 0 Å². The van der Waals surface area contributed by atoms with E-state index in [4.69, 9.17) is 34.8 Å². The molecule has 148 valence electrons. The number of nitro groups is 1. The molecule has 0 aliphatic heterocycles. The van der Waals surface area contributed by atoms with Gasteiger partial charge in [0.25, 0.3) is 15.7 Å². The topological polar surface area (TPSA) is 119 Å². The number of ketones is 1. The number of sulfonamides is 1. The molecule has 12 heteroatoms. The van der Waals surface area contributed by atoms with Gasteiger partial charge in [0.05, 0.1) is 32.1 Å². The second-order valence-electron chi connectivity index (χ2n) is 5.53. The summed E-state index contributed by atoms with van der Waals surface area (Å²) in [5, 5.41) is 14.5. The van der Waals surface area contributed by atoms with Crippen molar-refractivity contribution in [3.05, 3.63) is 67.1 Å². The summed E-state index contributed by atoms with van der Waals surface area (Å²) < 4.78 is 25.0. The van der Waals surface area contributed by atoms with E-state index in [1.165, 1.54) is 37.3 Å². The average molecular weight is 465 g/mol. The number of hydrazone groups is 1. The van der Waals surface area contributed by atoms with E-state index in [2.05, 4.69) is 5.10 Å². The largest absolute Gasteiger partial charge is 0.300 e. The lowest BCUT2D eigenvalue weighted by Gasteiger charge is -2.10. The molecular weight excluding hydrogens is 453 g/mol. The summed E-state index contributed by atoms with van der Waals surface area (Å²) in [6.07, 6.45) is -0.199. The summed E-state index contributed by atoms with van der Waals surface area (Å²) in [4.78, 5) is 23.3. The van der Waals surface area contributed by atoms with Crippen LogP contribution in [0.15, 0.2) is 46.4 Å². The van der Waals surface area contributed by atoms with Crippen molar-refractivity contribution >= 4 is 62.0 Å². The lowest BCUT2D eigenvalue weighted by molar-refractivity contribution is -0.384. The molecule has 8 nitrogen and oxygen atoms in total. The lowest BCUT2D eigenvalue weighted by atomic mass is 10.1. The van der Waals surface area contributed by atoms with E-state index in [0.29, 0.717) is 5.56 Å². The summed E-state index contributed by atoms with van der Waals surface area (Å²) in [7, 11) is -4.22. The number of nitrogens with zero attached hydrogens (tertiary/aromatic N) is 2. The maximum atomic E-state index is 12.5. The van der Waals surface area contributed by atoms with E-state index in [-0.39, 0.29) is 43.6 Å². The van der Waals surface area contributed by atoms with Crippen LogP contribution in [-0.4, -0.2) is 24.8 Å². The van der Waals surface area contributed by atoms with Gasteiger partial charge in [-0.05, 0) is 36.8 Å². The molecule has 2 aromatic carbocycles. The molecular formula is C16H12Cl3N3O5S. The van der Waals surface area contributed by atoms with Crippen LogP contribution in [0.1, 0.15) is 18.9 Å². The van der Waals surface area contributed by atoms with Gasteiger partial charge >= 0.3 is 0 Å². The number of nitro benzene ring substituents is 1. The quantitative estimate of drug-likeness (QED) is 0.285. The molecule has 0 aliphatic carbocycles. The number of non-ortho nitro benzene ring substituents is 1. The SMILES string of the molecule is CC(=O)C/C(=N\NS(=O)(=O)c1cc(Cl)c(Cl)cc1Cl)c1ccc([N+](=O)[O-])cc1. The molecule has 28 heavy (non-hydrogen) atoms. The van der Waals surface area contributed by atoms with Crippen LogP contribution in [0, 0.1) is 10.1 Å². The number of carbonyl (C=O) groups excluding carboxylic acids is 1. The van der Waals surface area contributed by atoms with Crippen molar-refractivity contribution < 1.29 is 18.1 Å². The zero-order chi connectivity index (χ0) is 21.1. The van der Waals surface area contributed by atoms with Gasteiger partial charge in [-0.15, -0.1) is 0 Å². The van der Waals surface area contributed by atoms with E-state index in [1.807, 2.05) is 4.83 Å². The maximum absolute atomic E-state index is 12.5. The van der Waals surface area contributed by atoms with Crippen LogP contribution < -0.4 is 4.83 Å². The third-order valence-corrected chi connectivity index (χ3v) is 5.79. The minimum Gasteiger partial charge on any atom is -0.300 e. The van der Waals surface area contributed by atoms with Crippen molar-refractivity contribution in [2.24, 2.45) is 5.10 Å². The van der Waals surface area contributed by atoms with Gasteiger partial charge in [0, 0.05) is 12.1 Å². The Kier molecular flexibility index (Phi) is 7.00. The molecule has 1 N–H and O–H groups in total. The summed E-state index contributed by atoms with van der Waals surface area (Å²) in [5.74, 6) is -0.288. The Hall–Kier alpha value is -2.20. The molecule has 0 unspecified atom stereocenters. The van der Waals surface area contributed by atoms with Gasteiger partial charge in [-0.1, -0.05) is 34.8 Å². The molecule has 0 saturated carbocycles. The van der Waals surface area contributed by atoms with E-state index in [0.717, 1.165) is 6.07 Å². The first-order chi connectivity index (χ1) is 13.0. The smallest absolute Gasteiger partial charge is 0.278 e. The fourth-order valence-electron chi connectivity index (χ4n) is 2.09. The number of Topliss-reactive ketones (excluding diaryl/α,β-unsaturated/α-hetero) is 1. The van der Waals surface area contributed by atoms with Crippen molar-refractivity contribution in [2.45, 2.75) is 18.2 Å². The van der Waals surface area contributed by atoms with Gasteiger partial charge in [0.2, 0.25) is 0 Å². The zero-order valence-electron chi connectivity index (χ0n) is 14.1. The van der Waals surface area contributed by atoms with Crippen LogP contribution in [0.2, 0.25) is 15.1 Å². The Morgan fingerprint density at radius 2 is 1.68 bits per heavy atom. The number of hydrogen-bond acceptors (Lipinski definition) is 6. The fraction of sp³-hybridized carbons (Fsp3) is 0.125. The number of nitrogens with one attached hydrogen (secondary N) is 1. The highest BCUT2D eigenvalue weighted by atomic mass is 35.5. The van der Waals surface area contributed by atoms with Crippen LogP contribution in [0.4, 0.5) is 5.69 Å². The first-order valence-electron chi connectivity index (χ1n) is 7.48. The van der Waals surface area contributed by atoms with Crippen molar-refractivity contribution in [3.8, 4) is 0 Å². The second kappa shape index (κ2) is 8.87. The van der Waals surface area contributed by atoms with Gasteiger partial charge in [0.15, 0.2) is 0 Å². The predicted molar refractivity (Wildman–Crippen MR) is 107 cm³/mol. The van der Waals surface area contributed by atoms with E-state index < -0.39 is 14.9 Å². The first kappa shape index (κ1) is 22.1. The van der Waals surface area contributed by atoms with Crippen LogP contribution in [0.3, 0.4) is 0 Å². The molecule has 0 spiro atoms. The monoisotopic (exact) mass is 463 g/mol. The van der Waals surface area contributed by atoms with Crippen LogP contribution >= 0.6 is 34.8 Å². The maximum Gasteiger partial charge on any atom is 0.278 e. The lowest BCUT2D eigenvalue weighted by Crippen LogP contribution is -2.22. The Morgan fingerprint density at radius 1 is 1.11 bits per heavy atom. The molecule has 0 fully saturated rings. The van der Waals surface area contributed by atoms with Crippen LogP contribution in [-0.2, 0) is 14.8 Å². The van der Waals surface area contributed by atoms with Gasteiger partial charge in [-0.2, -0.15) is 18.4 Å². The zero-order valence-corrected chi connectivity index (χ0v) is 17.2. The van der Waals surface area contributed by atoms with Crippen molar-refractivity contribution in [1.82, 2.24) is 4.83 Å². The minimum atomic E-state index is -4.22. The summed E-state index contributed by atoms with van der Waals surface area (Å²) in [5.41, 5.74) is 0.250. The Labute approximate surface area is 175 Å². The molecule has 0 atom stereocenters. The normalized spacial score (nSPS) is 11.9. The highest BCUT2D eigenvalue weighted by molar-refractivity contribution is 7.89. The van der Waals surface area contributed by atoms with E-state index >= 15 is 0 Å². The number of halogens is 3.